The van der Waals surface area contributed by atoms with Crippen LogP contribution in [0.5, 0.6) is 11.5 Å². The minimum Gasteiger partial charge on any atom is -0.454 e. The number of fused-ring (bicyclic) bond motifs is 1. The van der Waals surface area contributed by atoms with E-state index in [0.717, 1.165) is 49.6 Å². The number of nitrogens with zero attached hydrogens (tertiary/aromatic N) is 1. The predicted molar refractivity (Wildman–Crippen MR) is 156 cm³/mol. The van der Waals surface area contributed by atoms with E-state index in [1.807, 2.05) is 25.3 Å². The van der Waals surface area contributed by atoms with Gasteiger partial charge in [0.05, 0.1) is 5.56 Å². The normalized spacial score (nSPS) is 14.9. The molecule has 6 heteroatoms. The topological polar surface area (TPSA) is 53.7 Å². The SMILES string of the molecule is C=CCCc1cccc(C2(c3cnc(-c4cc(Oc5c(F)cc6[nH]ccc6c5C)ccc4F)[nH]3)CCCCC2)c1. The first-order valence-electron chi connectivity index (χ1n) is 14.0. The van der Waals surface area contributed by atoms with Crippen LogP contribution in [0.4, 0.5) is 8.78 Å². The molecule has 2 aromatic heterocycles. The van der Waals surface area contributed by atoms with Gasteiger partial charge in [0.1, 0.15) is 17.4 Å². The van der Waals surface area contributed by atoms with Crippen molar-refractivity contribution in [3.63, 3.8) is 0 Å². The number of ether oxygens (including phenoxy) is 1. The molecule has 1 fully saturated rings. The number of hydrogen-bond donors (Lipinski definition) is 2. The molecule has 3 aromatic carbocycles. The third-order valence-corrected chi connectivity index (χ3v) is 8.34. The van der Waals surface area contributed by atoms with Crippen LogP contribution in [0.3, 0.4) is 0 Å². The first kappa shape index (κ1) is 26.1. The Morgan fingerprint density at radius 3 is 2.70 bits per heavy atom. The van der Waals surface area contributed by atoms with Crippen LogP contribution in [0, 0.1) is 18.6 Å². The molecule has 0 aliphatic heterocycles. The monoisotopic (exact) mass is 537 g/mol. The number of aromatic nitrogens is 3. The third-order valence-electron chi connectivity index (χ3n) is 8.34. The molecule has 40 heavy (non-hydrogen) atoms. The number of imidazole rings is 1. The number of allylic oxidation sites excluding steroid dienone is 1. The molecule has 5 aromatic rings. The Hall–Kier alpha value is -4.19. The average molecular weight is 538 g/mol. The molecular weight excluding hydrogens is 504 g/mol. The maximum Gasteiger partial charge on any atom is 0.168 e. The van der Waals surface area contributed by atoms with Gasteiger partial charge in [-0.15, -0.1) is 6.58 Å². The molecule has 1 saturated carbocycles. The van der Waals surface area contributed by atoms with Crippen molar-refractivity contribution in [3.05, 3.63) is 114 Å². The molecule has 1 aliphatic carbocycles. The summed E-state index contributed by atoms with van der Waals surface area (Å²) in [5, 5.41) is 0.876. The van der Waals surface area contributed by atoms with E-state index in [0.29, 0.717) is 22.7 Å². The van der Waals surface area contributed by atoms with Gasteiger partial charge in [-0.2, -0.15) is 0 Å². The van der Waals surface area contributed by atoms with Crippen molar-refractivity contribution in [2.45, 2.75) is 57.3 Å². The van der Waals surface area contributed by atoms with E-state index in [-0.39, 0.29) is 16.7 Å². The van der Waals surface area contributed by atoms with Gasteiger partial charge in [-0.05, 0) is 68.0 Å². The lowest BCUT2D eigenvalue weighted by atomic mass is 9.67. The highest BCUT2D eigenvalue weighted by Crippen LogP contribution is 2.45. The summed E-state index contributed by atoms with van der Waals surface area (Å²) >= 11 is 0. The molecule has 0 saturated heterocycles. The van der Waals surface area contributed by atoms with E-state index < -0.39 is 11.6 Å². The maximum absolute atomic E-state index is 15.2. The standard InChI is InChI=1S/C34H33F2N3O/c1-3-4-9-23-10-8-11-24(18-23)34(15-6-5-7-16-34)31-21-38-33(39-31)27-19-25(12-13-28(27)35)40-32-22(2)26-14-17-37-30(26)20-29(32)36/h3,8,10-14,17-21,37H,1,4-7,9,15-16H2,2H3,(H,38,39). The largest absolute Gasteiger partial charge is 0.454 e. The molecule has 0 spiro atoms. The van der Waals surface area contributed by atoms with Gasteiger partial charge in [0.25, 0.3) is 0 Å². The Kier molecular flexibility index (Phi) is 7.01. The number of aryl methyl sites for hydroxylation is 2. The number of benzene rings is 3. The number of aromatic amines is 2. The van der Waals surface area contributed by atoms with Crippen LogP contribution in [0.25, 0.3) is 22.3 Å². The molecule has 0 atom stereocenters. The fraction of sp³-hybridized carbons (Fsp3) is 0.265. The zero-order valence-corrected chi connectivity index (χ0v) is 22.7. The minimum absolute atomic E-state index is 0.127. The Morgan fingerprint density at radius 1 is 1.02 bits per heavy atom. The van der Waals surface area contributed by atoms with Crippen LogP contribution in [0.2, 0.25) is 0 Å². The minimum atomic E-state index is -0.479. The van der Waals surface area contributed by atoms with E-state index in [1.165, 1.54) is 35.7 Å². The van der Waals surface area contributed by atoms with Gasteiger partial charge in [0, 0.05) is 46.0 Å². The van der Waals surface area contributed by atoms with E-state index in [2.05, 4.69) is 45.8 Å². The van der Waals surface area contributed by atoms with Crippen molar-refractivity contribution in [1.29, 1.82) is 0 Å². The van der Waals surface area contributed by atoms with Crippen molar-refractivity contribution in [2.24, 2.45) is 0 Å². The van der Waals surface area contributed by atoms with Crippen LogP contribution in [-0.4, -0.2) is 15.0 Å². The van der Waals surface area contributed by atoms with Gasteiger partial charge in [-0.25, -0.2) is 13.8 Å². The number of hydrogen-bond acceptors (Lipinski definition) is 2. The molecule has 1 aliphatic rings. The Morgan fingerprint density at radius 2 is 1.88 bits per heavy atom. The van der Waals surface area contributed by atoms with Crippen molar-refractivity contribution in [2.75, 3.05) is 0 Å². The highest BCUT2D eigenvalue weighted by molar-refractivity contribution is 5.85. The van der Waals surface area contributed by atoms with Crippen molar-refractivity contribution < 1.29 is 13.5 Å². The molecular formula is C34H33F2N3O. The summed E-state index contributed by atoms with van der Waals surface area (Å²) in [6.45, 7) is 5.68. The molecule has 0 bridgehead atoms. The lowest BCUT2D eigenvalue weighted by Gasteiger charge is -2.37. The summed E-state index contributed by atoms with van der Waals surface area (Å²) in [6.07, 6.45) is 12.9. The Bertz CT molecular complexity index is 1680. The summed E-state index contributed by atoms with van der Waals surface area (Å²) in [6, 6.07) is 16.6. The van der Waals surface area contributed by atoms with E-state index >= 15 is 4.39 Å². The first-order valence-corrected chi connectivity index (χ1v) is 14.0. The highest BCUT2D eigenvalue weighted by atomic mass is 19.1. The average Bonchev–Trinajstić information content (AvgIpc) is 3.66. The lowest BCUT2D eigenvalue weighted by molar-refractivity contribution is 0.339. The molecule has 0 unspecified atom stereocenters. The quantitative estimate of drug-likeness (QED) is 0.194. The van der Waals surface area contributed by atoms with Crippen LogP contribution >= 0.6 is 0 Å². The molecule has 2 heterocycles. The summed E-state index contributed by atoms with van der Waals surface area (Å²) in [4.78, 5) is 11.1. The van der Waals surface area contributed by atoms with Gasteiger partial charge in [-0.3, -0.25) is 0 Å². The second-order valence-electron chi connectivity index (χ2n) is 10.8. The summed E-state index contributed by atoms with van der Waals surface area (Å²) in [5.74, 6) is 0.00336. The van der Waals surface area contributed by atoms with E-state index in [4.69, 9.17) is 4.74 Å². The lowest BCUT2D eigenvalue weighted by Crippen LogP contribution is -2.31. The van der Waals surface area contributed by atoms with Crippen LogP contribution in [-0.2, 0) is 11.8 Å². The van der Waals surface area contributed by atoms with Gasteiger partial charge >= 0.3 is 0 Å². The van der Waals surface area contributed by atoms with Crippen LogP contribution in [0.1, 0.15) is 60.9 Å². The van der Waals surface area contributed by atoms with E-state index in [1.54, 1.807) is 12.3 Å². The predicted octanol–water partition coefficient (Wildman–Crippen LogP) is 9.31. The zero-order chi connectivity index (χ0) is 27.7. The van der Waals surface area contributed by atoms with Crippen LogP contribution in [0.15, 0.2) is 79.6 Å². The summed E-state index contributed by atoms with van der Waals surface area (Å²) in [7, 11) is 0. The molecule has 6 rings (SSSR count). The van der Waals surface area contributed by atoms with Crippen molar-refractivity contribution in [3.8, 4) is 22.9 Å². The van der Waals surface area contributed by atoms with Gasteiger partial charge in [0.2, 0.25) is 0 Å². The Balaban J connectivity index is 1.35. The molecule has 204 valence electrons. The maximum atomic E-state index is 15.2. The summed E-state index contributed by atoms with van der Waals surface area (Å²) in [5.41, 5.74) is 5.02. The second-order valence-corrected chi connectivity index (χ2v) is 10.8. The smallest absolute Gasteiger partial charge is 0.168 e. The number of nitrogens with one attached hydrogen (secondary N) is 2. The molecule has 0 radical (unpaired) electrons. The van der Waals surface area contributed by atoms with Gasteiger partial charge in [0.15, 0.2) is 11.6 Å². The van der Waals surface area contributed by atoms with Crippen molar-refractivity contribution >= 4 is 10.9 Å². The van der Waals surface area contributed by atoms with Crippen molar-refractivity contribution in [1.82, 2.24) is 15.0 Å². The molecule has 0 amide bonds. The summed E-state index contributed by atoms with van der Waals surface area (Å²) < 4.78 is 36.1. The zero-order valence-electron chi connectivity index (χ0n) is 22.7. The third kappa shape index (κ3) is 4.72. The van der Waals surface area contributed by atoms with Crippen LogP contribution < -0.4 is 4.74 Å². The number of halogens is 2. The number of H-pyrrole nitrogens is 2. The fourth-order valence-corrected chi connectivity index (χ4v) is 6.18. The first-order chi connectivity index (χ1) is 19.5. The van der Waals surface area contributed by atoms with Gasteiger partial charge in [-0.1, -0.05) is 49.6 Å². The Labute approximate surface area is 233 Å². The highest BCUT2D eigenvalue weighted by Gasteiger charge is 2.37. The van der Waals surface area contributed by atoms with E-state index in [9.17, 15) is 4.39 Å². The number of rotatable bonds is 8. The molecule has 4 nitrogen and oxygen atoms in total. The van der Waals surface area contributed by atoms with Gasteiger partial charge < -0.3 is 14.7 Å². The molecule has 2 N–H and O–H groups in total. The fourth-order valence-electron chi connectivity index (χ4n) is 6.18. The second kappa shape index (κ2) is 10.8.